The zero-order chi connectivity index (χ0) is 14.8. The molecule has 0 saturated carbocycles. The van der Waals surface area contributed by atoms with Crippen molar-refractivity contribution in [1.29, 1.82) is 0 Å². The van der Waals surface area contributed by atoms with Crippen LogP contribution in [0, 0.1) is 0 Å². The van der Waals surface area contributed by atoms with Crippen molar-refractivity contribution in [3.05, 3.63) is 35.3 Å². The molecule has 1 N–H and O–H groups in total. The summed E-state index contributed by atoms with van der Waals surface area (Å²) in [7, 11) is 1.84. The first-order chi connectivity index (χ1) is 9.39. The number of nitrogens with one attached hydrogen (secondary N) is 1. The molecule has 20 heavy (non-hydrogen) atoms. The lowest BCUT2D eigenvalue weighted by Crippen LogP contribution is -2.17. The Morgan fingerprint density at radius 3 is 2.75 bits per heavy atom. The van der Waals surface area contributed by atoms with Crippen LogP contribution in [0.15, 0.2) is 30.5 Å². The Bertz CT molecular complexity index is 583. The Kier molecular flexibility index (Phi) is 4.29. The maximum atomic E-state index is 12.2. The highest BCUT2D eigenvalue weighted by Crippen LogP contribution is 2.32. The fourth-order valence-corrected chi connectivity index (χ4v) is 2.56. The number of hydrogen-bond acceptors (Lipinski definition) is 4. The molecule has 1 aromatic carbocycles. The van der Waals surface area contributed by atoms with E-state index >= 15 is 0 Å². The van der Waals surface area contributed by atoms with Crippen LogP contribution in [-0.2, 0) is 0 Å². The summed E-state index contributed by atoms with van der Waals surface area (Å²) < 4.78 is 40.5. The third-order valence-corrected chi connectivity index (χ3v) is 3.93. The summed E-state index contributed by atoms with van der Waals surface area (Å²) >= 11 is 1.43. The minimum absolute atomic E-state index is 0.149. The zero-order valence-electron chi connectivity index (χ0n) is 10.9. The first-order valence-electron chi connectivity index (χ1n) is 5.88. The number of alkyl halides is 3. The first kappa shape index (κ1) is 14.8. The van der Waals surface area contributed by atoms with Gasteiger partial charge in [-0.2, -0.15) is 0 Å². The molecular formula is C13H13F3N2OS. The van der Waals surface area contributed by atoms with E-state index < -0.39 is 6.36 Å². The topological polar surface area (TPSA) is 34.2 Å². The maximum Gasteiger partial charge on any atom is 0.573 e. The average Bonchev–Trinajstić information content (AvgIpc) is 2.85. The predicted molar refractivity (Wildman–Crippen MR) is 71.7 cm³/mol. The molecule has 0 amide bonds. The summed E-state index contributed by atoms with van der Waals surface area (Å²) in [5.74, 6) is -0.242. The second kappa shape index (κ2) is 5.80. The summed E-state index contributed by atoms with van der Waals surface area (Å²) in [6.07, 6.45) is -2.97. The molecule has 0 saturated heterocycles. The van der Waals surface area contributed by atoms with E-state index in [1.807, 2.05) is 14.0 Å². The molecule has 0 bridgehead atoms. The number of hydrogen-bond donors (Lipinski definition) is 1. The predicted octanol–water partition coefficient (Wildman–Crippen LogP) is 3.99. The van der Waals surface area contributed by atoms with Crippen LogP contribution in [-0.4, -0.2) is 18.4 Å². The highest BCUT2D eigenvalue weighted by atomic mass is 32.1. The van der Waals surface area contributed by atoms with Crippen LogP contribution in [0.4, 0.5) is 13.2 Å². The van der Waals surface area contributed by atoms with Crippen molar-refractivity contribution in [2.45, 2.75) is 19.3 Å². The summed E-state index contributed by atoms with van der Waals surface area (Å²) in [5, 5.41) is 3.75. The van der Waals surface area contributed by atoms with Crippen molar-refractivity contribution in [2.75, 3.05) is 7.05 Å². The highest BCUT2D eigenvalue weighted by Gasteiger charge is 2.31. The molecule has 3 nitrogen and oxygen atoms in total. The maximum absolute atomic E-state index is 12.2. The Morgan fingerprint density at radius 2 is 2.10 bits per heavy atom. The molecule has 0 aliphatic carbocycles. The van der Waals surface area contributed by atoms with Crippen molar-refractivity contribution in [1.82, 2.24) is 10.3 Å². The molecule has 108 valence electrons. The molecule has 1 unspecified atom stereocenters. The van der Waals surface area contributed by atoms with E-state index in [0.29, 0.717) is 10.6 Å². The van der Waals surface area contributed by atoms with E-state index in [-0.39, 0.29) is 11.8 Å². The minimum atomic E-state index is -4.69. The number of benzene rings is 1. The van der Waals surface area contributed by atoms with Crippen molar-refractivity contribution in [3.8, 4) is 16.3 Å². The van der Waals surface area contributed by atoms with E-state index in [2.05, 4.69) is 15.0 Å². The first-order valence-corrected chi connectivity index (χ1v) is 6.70. The molecule has 7 heteroatoms. The van der Waals surface area contributed by atoms with Crippen LogP contribution in [0.3, 0.4) is 0 Å². The molecule has 2 rings (SSSR count). The van der Waals surface area contributed by atoms with Gasteiger partial charge in [-0.05, 0) is 26.1 Å². The van der Waals surface area contributed by atoms with Gasteiger partial charge in [-0.25, -0.2) is 4.98 Å². The number of aromatic nitrogens is 1. The second-order valence-corrected chi connectivity index (χ2v) is 5.22. The van der Waals surface area contributed by atoms with Gasteiger partial charge >= 0.3 is 6.36 Å². The number of rotatable bonds is 4. The van der Waals surface area contributed by atoms with Crippen molar-refractivity contribution < 1.29 is 17.9 Å². The fourth-order valence-electron chi connectivity index (χ4n) is 1.59. The smallest absolute Gasteiger partial charge is 0.406 e. The van der Waals surface area contributed by atoms with E-state index in [9.17, 15) is 13.2 Å². The van der Waals surface area contributed by atoms with Gasteiger partial charge in [0.2, 0.25) is 0 Å². The molecule has 0 spiro atoms. The lowest BCUT2D eigenvalue weighted by Gasteiger charge is -2.09. The van der Waals surface area contributed by atoms with E-state index in [1.54, 1.807) is 12.3 Å². The Morgan fingerprint density at radius 1 is 1.35 bits per heavy atom. The van der Waals surface area contributed by atoms with Crippen molar-refractivity contribution in [3.63, 3.8) is 0 Å². The quantitative estimate of drug-likeness (QED) is 0.927. The number of ether oxygens (including phenoxy) is 1. The Hall–Kier alpha value is -1.60. The molecule has 1 atom stereocenters. The van der Waals surface area contributed by atoms with Gasteiger partial charge in [-0.15, -0.1) is 24.5 Å². The zero-order valence-corrected chi connectivity index (χ0v) is 11.7. The number of halogens is 3. The summed E-state index contributed by atoms with van der Waals surface area (Å²) in [6.45, 7) is 1.99. The molecule has 2 aromatic rings. The van der Waals surface area contributed by atoms with Gasteiger partial charge < -0.3 is 10.1 Å². The van der Waals surface area contributed by atoms with Crippen molar-refractivity contribution in [2.24, 2.45) is 0 Å². The standard InChI is InChI=1S/C13H13F3N2OS/c1-8(17-2)11-7-18-12(20-11)9-4-3-5-10(6-9)19-13(14,15)16/h3-8,17H,1-2H3. The largest absolute Gasteiger partial charge is 0.573 e. The second-order valence-electron chi connectivity index (χ2n) is 4.15. The Labute approximate surface area is 118 Å². The number of nitrogens with zero attached hydrogens (tertiary/aromatic N) is 1. The summed E-state index contributed by atoms with van der Waals surface area (Å²) in [6, 6.07) is 5.97. The molecule has 0 aliphatic rings. The molecule has 0 aliphatic heterocycles. The molecular weight excluding hydrogens is 289 g/mol. The van der Waals surface area contributed by atoms with Gasteiger partial charge in [0.05, 0.1) is 0 Å². The monoisotopic (exact) mass is 302 g/mol. The lowest BCUT2D eigenvalue weighted by molar-refractivity contribution is -0.274. The highest BCUT2D eigenvalue weighted by molar-refractivity contribution is 7.15. The summed E-state index contributed by atoms with van der Waals surface area (Å²) in [4.78, 5) is 5.25. The molecule has 1 aromatic heterocycles. The van der Waals surface area contributed by atoms with Crippen LogP contribution < -0.4 is 10.1 Å². The minimum Gasteiger partial charge on any atom is -0.406 e. The van der Waals surface area contributed by atoms with E-state index in [4.69, 9.17) is 0 Å². The SMILES string of the molecule is CNC(C)c1cnc(-c2cccc(OC(F)(F)F)c2)s1. The van der Waals surface area contributed by atoms with Crippen LogP contribution in [0.1, 0.15) is 17.8 Å². The number of thiazole rings is 1. The van der Waals surface area contributed by atoms with Crippen LogP contribution in [0.2, 0.25) is 0 Å². The molecule has 0 radical (unpaired) electrons. The third kappa shape index (κ3) is 3.71. The van der Waals surface area contributed by atoms with Crippen LogP contribution >= 0.6 is 11.3 Å². The Balaban J connectivity index is 2.25. The van der Waals surface area contributed by atoms with Gasteiger partial charge in [0.15, 0.2) is 0 Å². The average molecular weight is 302 g/mol. The van der Waals surface area contributed by atoms with Gasteiger partial charge in [0.1, 0.15) is 10.8 Å². The molecule has 0 fully saturated rings. The third-order valence-electron chi connectivity index (χ3n) is 2.70. The lowest BCUT2D eigenvalue weighted by atomic mass is 10.2. The van der Waals surface area contributed by atoms with Gasteiger partial charge in [0, 0.05) is 22.7 Å². The van der Waals surface area contributed by atoms with E-state index in [0.717, 1.165) is 4.88 Å². The van der Waals surface area contributed by atoms with E-state index in [1.165, 1.54) is 29.5 Å². The van der Waals surface area contributed by atoms with Gasteiger partial charge in [-0.3, -0.25) is 0 Å². The normalized spacial score (nSPS) is 13.2. The van der Waals surface area contributed by atoms with Crippen LogP contribution in [0.25, 0.3) is 10.6 Å². The van der Waals surface area contributed by atoms with Crippen LogP contribution in [0.5, 0.6) is 5.75 Å². The molecule has 1 heterocycles. The fraction of sp³-hybridized carbons (Fsp3) is 0.308. The van der Waals surface area contributed by atoms with Crippen molar-refractivity contribution >= 4 is 11.3 Å². The summed E-state index contributed by atoms with van der Waals surface area (Å²) in [5.41, 5.74) is 0.603. The van der Waals surface area contributed by atoms with Gasteiger partial charge in [-0.1, -0.05) is 12.1 Å². The van der Waals surface area contributed by atoms with Gasteiger partial charge in [0.25, 0.3) is 0 Å².